The minimum absolute atomic E-state index is 0.0607. The summed E-state index contributed by atoms with van der Waals surface area (Å²) in [6.45, 7) is 8.35. The van der Waals surface area contributed by atoms with Gasteiger partial charge in [-0.1, -0.05) is 19.1 Å². The third kappa shape index (κ3) is 3.61. The van der Waals surface area contributed by atoms with Gasteiger partial charge in [-0.15, -0.1) is 0 Å². The summed E-state index contributed by atoms with van der Waals surface area (Å²) in [5.41, 5.74) is 10.9. The van der Waals surface area contributed by atoms with Gasteiger partial charge in [-0.25, -0.2) is 0 Å². The van der Waals surface area contributed by atoms with Crippen molar-refractivity contribution in [3.8, 4) is 5.75 Å². The van der Waals surface area contributed by atoms with Gasteiger partial charge in [0.2, 0.25) is 0 Å². The summed E-state index contributed by atoms with van der Waals surface area (Å²) >= 11 is 0. The molecule has 2 aromatic rings. The van der Waals surface area contributed by atoms with Crippen molar-refractivity contribution in [3.05, 3.63) is 58.9 Å². The topological polar surface area (TPSA) is 48.1 Å². The Kier molecular flexibility index (Phi) is 4.97. The number of rotatable bonds is 5. The fourth-order valence-electron chi connectivity index (χ4n) is 2.42. The van der Waals surface area contributed by atoms with Crippen molar-refractivity contribution < 1.29 is 4.74 Å². The van der Waals surface area contributed by atoms with Crippen LogP contribution in [-0.2, 0) is 0 Å². The Morgan fingerprint density at radius 2 is 2.00 bits per heavy atom. The van der Waals surface area contributed by atoms with Gasteiger partial charge in [0.1, 0.15) is 11.9 Å². The van der Waals surface area contributed by atoms with Crippen LogP contribution in [0.5, 0.6) is 5.75 Å². The maximum atomic E-state index is 6.28. The highest BCUT2D eigenvalue weighted by Gasteiger charge is 2.21. The Hall–Kier alpha value is -1.87. The second kappa shape index (κ2) is 6.72. The third-order valence-electron chi connectivity index (χ3n) is 3.89. The molecule has 0 bridgehead atoms. The molecule has 3 heteroatoms. The Morgan fingerprint density at radius 1 is 1.24 bits per heavy atom. The molecule has 0 saturated heterocycles. The van der Waals surface area contributed by atoms with E-state index in [1.807, 2.05) is 18.3 Å². The second-order valence-corrected chi connectivity index (χ2v) is 5.60. The van der Waals surface area contributed by atoms with Gasteiger partial charge in [-0.3, -0.25) is 4.98 Å². The van der Waals surface area contributed by atoms with Crippen LogP contribution in [0.15, 0.2) is 36.7 Å². The first-order valence-corrected chi connectivity index (χ1v) is 7.43. The number of ether oxygens (including phenoxy) is 1. The molecule has 2 N–H and O–H groups in total. The van der Waals surface area contributed by atoms with Crippen LogP contribution >= 0.6 is 0 Å². The SMILES string of the molecule is CCC(N)C(Oc1cc(C)cc(C)c1C)c1cccnc1. The molecule has 0 spiro atoms. The fraction of sp³-hybridized carbons (Fsp3) is 0.389. The van der Waals surface area contributed by atoms with Crippen LogP contribution in [0.4, 0.5) is 0 Å². The number of nitrogens with two attached hydrogens (primary N) is 1. The summed E-state index contributed by atoms with van der Waals surface area (Å²) in [4.78, 5) is 4.19. The van der Waals surface area contributed by atoms with Crippen LogP contribution in [0.25, 0.3) is 0 Å². The number of pyridine rings is 1. The number of hydrogen-bond donors (Lipinski definition) is 1. The van der Waals surface area contributed by atoms with E-state index in [1.54, 1.807) is 6.20 Å². The van der Waals surface area contributed by atoms with E-state index in [0.717, 1.165) is 23.3 Å². The molecule has 2 atom stereocenters. The molecule has 0 saturated carbocycles. The highest BCUT2D eigenvalue weighted by molar-refractivity contribution is 5.42. The van der Waals surface area contributed by atoms with E-state index in [1.165, 1.54) is 11.1 Å². The Bertz CT molecular complexity index is 596. The summed E-state index contributed by atoms with van der Waals surface area (Å²) in [7, 11) is 0. The number of benzene rings is 1. The molecule has 0 aliphatic carbocycles. The van der Waals surface area contributed by atoms with Crippen LogP contribution in [-0.4, -0.2) is 11.0 Å². The molecule has 2 rings (SSSR count). The molecule has 21 heavy (non-hydrogen) atoms. The summed E-state index contributed by atoms with van der Waals surface area (Å²) in [5.74, 6) is 0.908. The summed E-state index contributed by atoms with van der Waals surface area (Å²) in [5, 5.41) is 0. The lowest BCUT2D eigenvalue weighted by Gasteiger charge is -2.26. The van der Waals surface area contributed by atoms with Gasteiger partial charge in [0.15, 0.2) is 0 Å². The molecule has 0 fully saturated rings. The first kappa shape index (κ1) is 15.5. The van der Waals surface area contributed by atoms with Crippen molar-refractivity contribution in [1.82, 2.24) is 4.98 Å². The van der Waals surface area contributed by atoms with Crippen LogP contribution in [0, 0.1) is 20.8 Å². The Morgan fingerprint density at radius 3 is 2.62 bits per heavy atom. The number of hydrogen-bond acceptors (Lipinski definition) is 3. The van der Waals surface area contributed by atoms with Crippen molar-refractivity contribution in [3.63, 3.8) is 0 Å². The number of nitrogens with zero attached hydrogens (tertiary/aromatic N) is 1. The van der Waals surface area contributed by atoms with Crippen molar-refractivity contribution in [2.24, 2.45) is 5.73 Å². The minimum Gasteiger partial charge on any atom is -0.484 e. The lowest BCUT2D eigenvalue weighted by molar-refractivity contribution is 0.169. The van der Waals surface area contributed by atoms with Gasteiger partial charge in [-0.05, 0) is 56.0 Å². The van der Waals surface area contributed by atoms with Gasteiger partial charge in [-0.2, -0.15) is 0 Å². The van der Waals surface area contributed by atoms with Crippen LogP contribution in [0.2, 0.25) is 0 Å². The molecule has 1 aromatic carbocycles. The molecular weight excluding hydrogens is 260 g/mol. The maximum absolute atomic E-state index is 6.28. The van der Waals surface area contributed by atoms with Crippen LogP contribution in [0.1, 0.15) is 41.7 Å². The highest BCUT2D eigenvalue weighted by atomic mass is 16.5. The van der Waals surface area contributed by atoms with Crippen LogP contribution in [0.3, 0.4) is 0 Å². The molecule has 0 aliphatic rings. The van der Waals surface area contributed by atoms with Gasteiger partial charge in [0.25, 0.3) is 0 Å². The van der Waals surface area contributed by atoms with E-state index in [-0.39, 0.29) is 12.1 Å². The van der Waals surface area contributed by atoms with Gasteiger partial charge >= 0.3 is 0 Å². The zero-order valence-corrected chi connectivity index (χ0v) is 13.3. The molecule has 3 nitrogen and oxygen atoms in total. The molecule has 1 aromatic heterocycles. The molecule has 2 unspecified atom stereocenters. The van der Waals surface area contributed by atoms with Crippen molar-refractivity contribution in [2.75, 3.05) is 0 Å². The van der Waals surface area contributed by atoms with Crippen molar-refractivity contribution in [2.45, 2.75) is 46.3 Å². The van der Waals surface area contributed by atoms with E-state index in [4.69, 9.17) is 10.5 Å². The first-order valence-electron chi connectivity index (χ1n) is 7.43. The van der Waals surface area contributed by atoms with Gasteiger partial charge < -0.3 is 10.5 Å². The highest BCUT2D eigenvalue weighted by Crippen LogP contribution is 2.30. The summed E-state index contributed by atoms with van der Waals surface area (Å²) in [6.07, 6.45) is 4.27. The van der Waals surface area contributed by atoms with E-state index >= 15 is 0 Å². The maximum Gasteiger partial charge on any atom is 0.140 e. The minimum atomic E-state index is -0.177. The van der Waals surface area contributed by atoms with E-state index in [0.29, 0.717) is 0 Å². The van der Waals surface area contributed by atoms with Crippen molar-refractivity contribution >= 4 is 0 Å². The average Bonchev–Trinajstić information content (AvgIpc) is 2.49. The van der Waals surface area contributed by atoms with E-state index in [2.05, 4.69) is 44.8 Å². The van der Waals surface area contributed by atoms with Crippen molar-refractivity contribution in [1.29, 1.82) is 0 Å². The molecule has 1 heterocycles. The van der Waals surface area contributed by atoms with Gasteiger partial charge in [0, 0.05) is 24.0 Å². The van der Waals surface area contributed by atoms with Crippen LogP contribution < -0.4 is 10.5 Å². The Balaban J connectivity index is 2.36. The monoisotopic (exact) mass is 284 g/mol. The molecule has 0 radical (unpaired) electrons. The third-order valence-corrected chi connectivity index (χ3v) is 3.89. The smallest absolute Gasteiger partial charge is 0.140 e. The largest absolute Gasteiger partial charge is 0.484 e. The number of aryl methyl sites for hydroxylation is 2. The first-order chi connectivity index (χ1) is 10.0. The quantitative estimate of drug-likeness (QED) is 0.906. The zero-order chi connectivity index (χ0) is 15.4. The van der Waals surface area contributed by atoms with Gasteiger partial charge in [0.05, 0.1) is 0 Å². The molecular formula is C18H24N2O. The zero-order valence-electron chi connectivity index (χ0n) is 13.3. The normalized spacial score (nSPS) is 13.8. The lowest BCUT2D eigenvalue weighted by atomic mass is 10.0. The molecule has 0 amide bonds. The predicted octanol–water partition coefficient (Wildman–Crippen LogP) is 3.86. The second-order valence-electron chi connectivity index (χ2n) is 5.60. The standard InChI is InChI=1S/C18H24N2O/c1-5-16(19)18(15-7-6-8-20-11-15)21-17-10-12(2)9-13(3)14(17)4/h6-11,16,18H,5,19H2,1-4H3. The number of aromatic nitrogens is 1. The average molecular weight is 284 g/mol. The molecule has 0 aliphatic heterocycles. The Labute approximate surface area is 127 Å². The predicted molar refractivity (Wildman–Crippen MR) is 86.5 cm³/mol. The summed E-state index contributed by atoms with van der Waals surface area (Å²) < 4.78 is 6.28. The fourth-order valence-corrected chi connectivity index (χ4v) is 2.42. The van der Waals surface area contributed by atoms with E-state index < -0.39 is 0 Å². The summed E-state index contributed by atoms with van der Waals surface area (Å²) in [6, 6.07) is 8.12. The lowest BCUT2D eigenvalue weighted by Crippen LogP contribution is -2.31. The molecule has 112 valence electrons. The van der Waals surface area contributed by atoms with E-state index in [9.17, 15) is 0 Å².